The molecule has 1 saturated heterocycles. The van der Waals surface area contributed by atoms with Crippen molar-refractivity contribution in [3.05, 3.63) is 59.7 Å². The molecule has 2 aromatic rings. The molecule has 1 aliphatic heterocycles. The molecule has 0 unspecified atom stereocenters. The molecule has 1 atom stereocenters. The van der Waals surface area contributed by atoms with Gasteiger partial charge in [0.25, 0.3) is 0 Å². The zero-order valence-electron chi connectivity index (χ0n) is 15.8. The molecular formula is C22H22N2O5. The second kappa shape index (κ2) is 7.95. The number of hydrogen-bond donors (Lipinski definition) is 2. The zero-order valence-corrected chi connectivity index (χ0v) is 15.8. The Bertz CT molecular complexity index is 912. The van der Waals surface area contributed by atoms with Crippen LogP contribution in [0, 0.1) is 0 Å². The number of ether oxygens (including phenoxy) is 1. The van der Waals surface area contributed by atoms with Crippen LogP contribution in [0.4, 0.5) is 4.79 Å². The summed E-state index contributed by atoms with van der Waals surface area (Å²) >= 11 is 0. The van der Waals surface area contributed by atoms with Crippen molar-refractivity contribution in [2.75, 3.05) is 19.7 Å². The number of hydrogen-bond acceptors (Lipinski definition) is 4. The van der Waals surface area contributed by atoms with Crippen LogP contribution in [0.3, 0.4) is 0 Å². The molecule has 7 heteroatoms. The molecule has 0 bridgehead atoms. The predicted octanol–water partition coefficient (Wildman–Crippen LogP) is 2.60. The van der Waals surface area contributed by atoms with Crippen molar-refractivity contribution in [2.24, 2.45) is 0 Å². The van der Waals surface area contributed by atoms with Crippen LogP contribution >= 0.6 is 0 Å². The molecule has 4 rings (SSSR count). The Morgan fingerprint density at radius 2 is 1.66 bits per heavy atom. The molecule has 29 heavy (non-hydrogen) atoms. The van der Waals surface area contributed by atoms with E-state index in [9.17, 15) is 14.4 Å². The van der Waals surface area contributed by atoms with Gasteiger partial charge in [-0.05, 0) is 35.1 Å². The minimum atomic E-state index is -1.12. The van der Waals surface area contributed by atoms with Crippen molar-refractivity contribution in [3.63, 3.8) is 0 Å². The van der Waals surface area contributed by atoms with Crippen LogP contribution in [0.2, 0.25) is 0 Å². The summed E-state index contributed by atoms with van der Waals surface area (Å²) in [5.74, 6) is -1.63. The molecule has 2 N–H and O–H groups in total. The van der Waals surface area contributed by atoms with E-state index in [1.54, 1.807) is 0 Å². The summed E-state index contributed by atoms with van der Waals surface area (Å²) in [6.45, 7) is 0.141. The third-order valence-corrected chi connectivity index (χ3v) is 5.54. The molecule has 1 aliphatic carbocycles. The number of nitrogens with one attached hydrogen (secondary N) is 1. The van der Waals surface area contributed by atoms with E-state index in [0.717, 1.165) is 22.3 Å². The van der Waals surface area contributed by atoms with Gasteiger partial charge in [0.2, 0.25) is 5.91 Å². The summed E-state index contributed by atoms with van der Waals surface area (Å²) < 4.78 is 5.62. The third kappa shape index (κ3) is 3.68. The number of carboxylic acids is 1. The number of carbonyl (C=O) groups is 3. The maximum atomic E-state index is 12.7. The van der Waals surface area contributed by atoms with Gasteiger partial charge < -0.3 is 15.2 Å². The van der Waals surface area contributed by atoms with Gasteiger partial charge in [0.05, 0.1) is 0 Å². The summed E-state index contributed by atoms with van der Waals surface area (Å²) in [6, 6.07) is 15.5. The quantitative estimate of drug-likeness (QED) is 0.813. The lowest BCUT2D eigenvalue weighted by Gasteiger charge is -2.24. The highest BCUT2D eigenvalue weighted by molar-refractivity contribution is 5.88. The second-order valence-electron chi connectivity index (χ2n) is 7.27. The highest BCUT2D eigenvalue weighted by atomic mass is 16.6. The van der Waals surface area contributed by atoms with Gasteiger partial charge in [-0.25, -0.2) is 4.79 Å². The van der Waals surface area contributed by atoms with Gasteiger partial charge in [-0.2, -0.15) is 0 Å². The summed E-state index contributed by atoms with van der Waals surface area (Å²) in [7, 11) is 0. The van der Waals surface area contributed by atoms with Gasteiger partial charge in [0, 0.05) is 12.5 Å². The van der Waals surface area contributed by atoms with E-state index in [0.29, 0.717) is 19.4 Å². The smallest absolute Gasteiger partial charge is 0.410 e. The first-order chi connectivity index (χ1) is 14.1. The topological polar surface area (TPSA) is 95.9 Å². The number of benzene rings is 2. The van der Waals surface area contributed by atoms with Crippen molar-refractivity contribution in [2.45, 2.75) is 24.8 Å². The lowest BCUT2D eigenvalue weighted by molar-refractivity contribution is -0.138. The van der Waals surface area contributed by atoms with E-state index in [-0.39, 0.29) is 12.5 Å². The lowest BCUT2D eigenvalue weighted by atomic mass is 9.98. The fraction of sp³-hybridized carbons (Fsp3) is 0.318. The number of amides is 2. The van der Waals surface area contributed by atoms with Crippen LogP contribution in [-0.2, 0) is 14.3 Å². The van der Waals surface area contributed by atoms with E-state index in [1.807, 2.05) is 36.4 Å². The monoisotopic (exact) mass is 394 g/mol. The summed E-state index contributed by atoms with van der Waals surface area (Å²) in [5, 5.41) is 11.1. The normalized spacial score (nSPS) is 17.5. The first-order valence-electron chi connectivity index (χ1n) is 9.67. The third-order valence-electron chi connectivity index (χ3n) is 5.54. The fourth-order valence-electron chi connectivity index (χ4n) is 4.22. The Kier molecular flexibility index (Phi) is 5.20. The molecule has 0 spiro atoms. The molecule has 2 aliphatic rings. The Morgan fingerprint density at radius 3 is 2.28 bits per heavy atom. The molecule has 2 aromatic carbocycles. The Morgan fingerprint density at radius 1 is 1.03 bits per heavy atom. The molecule has 0 saturated carbocycles. The predicted molar refractivity (Wildman–Crippen MR) is 105 cm³/mol. The molecule has 150 valence electrons. The maximum absolute atomic E-state index is 12.7. The fourth-order valence-corrected chi connectivity index (χ4v) is 4.22. The van der Waals surface area contributed by atoms with Crippen LogP contribution in [0.15, 0.2) is 48.5 Å². The van der Waals surface area contributed by atoms with Crippen molar-refractivity contribution >= 4 is 18.0 Å². The first-order valence-corrected chi connectivity index (χ1v) is 9.67. The number of aliphatic carboxylic acids is 1. The van der Waals surface area contributed by atoms with E-state index in [4.69, 9.17) is 9.84 Å². The van der Waals surface area contributed by atoms with Gasteiger partial charge in [-0.3, -0.25) is 14.5 Å². The Balaban J connectivity index is 1.44. The first kappa shape index (κ1) is 19.0. The standard InChI is InChI=1S/C22H22N2O5/c25-20(26)12-23-21(27)19-10-5-11-24(19)22(28)29-13-18-16-8-3-1-6-14(16)15-7-2-4-9-17(15)18/h1-4,6-9,18-19H,5,10-13H2,(H,23,27)(H,25,26)/t19-/m0/s1. The molecule has 7 nitrogen and oxygen atoms in total. The number of rotatable bonds is 5. The van der Waals surface area contributed by atoms with Gasteiger partial charge in [0.1, 0.15) is 19.2 Å². The summed E-state index contributed by atoms with van der Waals surface area (Å²) in [6.07, 6.45) is 0.630. The van der Waals surface area contributed by atoms with Crippen LogP contribution in [0.25, 0.3) is 11.1 Å². The lowest BCUT2D eigenvalue weighted by Crippen LogP contribution is -2.47. The maximum Gasteiger partial charge on any atom is 0.410 e. The molecular weight excluding hydrogens is 372 g/mol. The van der Waals surface area contributed by atoms with E-state index >= 15 is 0 Å². The minimum absolute atomic E-state index is 0.0479. The Hall–Kier alpha value is -3.35. The average molecular weight is 394 g/mol. The van der Waals surface area contributed by atoms with Crippen molar-refractivity contribution in [3.8, 4) is 11.1 Å². The van der Waals surface area contributed by atoms with Crippen LogP contribution < -0.4 is 5.32 Å². The SMILES string of the molecule is O=C(O)CNC(=O)[C@@H]1CCCN1C(=O)OCC1c2ccccc2-c2ccccc21. The molecule has 0 aromatic heterocycles. The van der Waals surface area contributed by atoms with E-state index in [2.05, 4.69) is 17.4 Å². The minimum Gasteiger partial charge on any atom is -0.480 e. The molecule has 1 fully saturated rings. The van der Waals surface area contributed by atoms with Crippen molar-refractivity contribution in [1.29, 1.82) is 0 Å². The number of fused-ring (bicyclic) bond motifs is 3. The molecule has 2 amide bonds. The molecule has 0 radical (unpaired) electrons. The van der Waals surface area contributed by atoms with E-state index in [1.165, 1.54) is 4.90 Å². The summed E-state index contributed by atoms with van der Waals surface area (Å²) in [5.41, 5.74) is 4.55. The number of carbonyl (C=O) groups excluding carboxylic acids is 2. The van der Waals surface area contributed by atoms with Gasteiger partial charge in [0.15, 0.2) is 0 Å². The second-order valence-corrected chi connectivity index (χ2v) is 7.27. The van der Waals surface area contributed by atoms with Crippen LogP contribution in [-0.4, -0.2) is 53.7 Å². The van der Waals surface area contributed by atoms with Gasteiger partial charge >= 0.3 is 12.1 Å². The van der Waals surface area contributed by atoms with Gasteiger partial charge in [-0.1, -0.05) is 48.5 Å². The number of carboxylic acid groups (broad SMARTS) is 1. The molecule has 1 heterocycles. The summed E-state index contributed by atoms with van der Waals surface area (Å²) in [4.78, 5) is 37.0. The largest absolute Gasteiger partial charge is 0.480 e. The van der Waals surface area contributed by atoms with Gasteiger partial charge in [-0.15, -0.1) is 0 Å². The zero-order chi connectivity index (χ0) is 20.4. The average Bonchev–Trinajstić information content (AvgIpc) is 3.34. The number of likely N-dealkylation sites (tertiary alicyclic amines) is 1. The highest BCUT2D eigenvalue weighted by Gasteiger charge is 2.36. The van der Waals surface area contributed by atoms with Crippen LogP contribution in [0.1, 0.15) is 29.9 Å². The highest BCUT2D eigenvalue weighted by Crippen LogP contribution is 2.44. The van der Waals surface area contributed by atoms with E-state index < -0.39 is 30.6 Å². The van der Waals surface area contributed by atoms with Crippen molar-refractivity contribution in [1.82, 2.24) is 10.2 Å². The van der Waals surface area contributed by atoms with Crippen molar-refractivity contribution < 1.29 is 24.2 Å². The van der Waals surface area contributed by atoms with Crippen LogP contribution in [0.5, 0.6) is 0 Å². The Labute approximate surface area is 168 Å². The number of nitrogens with zero attached hydrogens (tertiary/aromatic N) is 1.